The summed E-state index contributed by atoms with van der Waals surface area (Å²) in [5, 5.41) is 11.0. The Bertz CT molecular complexity index is 341. The molecule has 1 aromatic carbocycles. The molecule has 2 nitrogen and oxygen atoms in total. The first-order chi connectivity index (χ1) is 7.01. The lowest BCUT2D eigenvalue weighted by Gasteiger charge is -2.49. The summed E-state index contributed by atoms with van der Waals surface area (Å²) in [6.07, 6.45) is 0. The molecule has 1 heterocycles. The largest absolute Gasteiger partial charge is 0.382 e. The van der Waals surface area contributed by atoms with Crippen LogP contribution in [0.2, 0.25) is 5.02 Å². The Morgan fingerprint density at radius 2 is 1.80 bits per heavy atom. The van der Waals surface area contributed by atoms with Crippen molar-refractivity contribution in [3.8, 4) is 0 Å². The van der Waals surface area contributed by atoms with Gasteiger partial charge in [-0.15, -0.1) is 0 Å². The van der Waals surface area contributed by atoms with Crippen LogP contribution in [0.1, 0.15) is 19.4 Å². The third-order valence-corrected chi connectivity index (χ3v) is 3.29. The summed E-state index contributed by atoms with van der Waals surface area (Å²) in [5.74, 6) is 0. The fraction of sp³-hybridized carbons (Fsp3) is 0.500. The maximum absolute atomic E-state index is 10.3. The van der Waals surface area contributed by atoms with Gasteiger partial charge in [0.25, 0.3) is 0 Å². The van der Waals surface area contributed by atoms with Crippen LogP contribution in [0.5, 0.6) is 0 Å². The van der Waals surface area contributed by atoms with E-state index in [-0.39, 0.29) is 0 Å². The van der Waals surface area contributed by atoms with Gasteiger partial charge in [-0.2, -0.15) is 0 Å². The van der Waals surface area contributed by atoms with Crippen molar-refractivity contribution in [1.82, 2.24) is 4.90 Å². The van der Waals surface area contributed by atoms with Crippen molar-refractivity contribution in [2.24, 2.45) is 0 Å². The molecular weight excluding hydrogens is 210 g/mol. The van der Waals surface area contributed by atoms with Gasteiger partial charge in [-0.25, -0.2) is 0 Å². The van der Waals surface area contributed by atoms with Crippen LogP contribution >= 0.6 is 11.6 Å². The average Bonchev–Trinajstić information content (AvgIpc) is 2.13. The fourth-order valence-corrected chi connectivity index (χ4v) is 2.06. The van der Waals surface area contributed by atoms with Crippen molar-refractivity contribution in [2.75, 3.05) is 13.1 Å². The number of benzene rings is 1. The van der Waals surface area contributed by atoms with Gasteiger partial charge in [-0.1, -0.05) is 23.7 Å². The maximum Gasteiger partial charge on any atom is 0.115 e. The van der Waals surface area contributed by atoms with E-state index in [0.29, 0.717) is 24.2 Å². The van der Waals surface area contributed by atoms with E-state index < -0.39 is 5.60 Å². The molecular formula is C12H16ClNO. The summed E-state index contributed by atoms with van der Waals surface area (Å²) in [6.45, 7) is 5.71. The molecule has 0 atom stereocenters. The fourth-order valence-electron chi connectivity index (χ4n) is 1.93. The third-order valence-electron chi connectivity index (χ3n) is 3.04. The molecule has 0 bridgehead atoms. The monoisotopic (exact) mass is 225 g/mol. The van der Waals surface area contributed by atoms with E-state index in [4.69, 9.17) is 11.6 Å². The molecule has 1 aliphatic rings. The van der Waals surface area contributed by atoms with E-state index >= 15 is 0 Å². The highest BCUT2D eigenvalue weighted by atomic mass is 35.5. The minimum Gasteiger partial charge on any atom is -0.382 e. The Morgan fingerprint density at radius 3 is 2.27 bits per heavy atom. The SMILES string of the molecule is CC(C)N1CC(O)(c2ccc(Cl)cc2)C1. The zero-order chi connectivity index (χ0) is 11.1. The zero-order valence-corrected chi connectivity index (χ0v) is 9.83. The lowest BCUT2D eigenvalue weighted by Crippen LogP contribution is -2.61. The summed E-state index contributed by atoms with van der Waals surface area (Å²) in [4.78, 5) is 2.24. The molecule has 15 heavy (non-hydrogen) atoms. The summed E-state index contributed by atoms with van der Waals surface area (Å²) >= 11 is 5.81. The van der Waals surface area contributed by atoms with E-state index in [1.807, 2.05) is 24.3 Å². The number of halogens is 1. The second-order valence-corrected chi connectivity index (χ2v) is 4.97. The van der Waals surface area contributed by atoms with E-state index in [1.165, 1.54) is 0 Å². The first-order valence-electron chi connectivity index (χ1n) is 5.24. The van der Waals surface area contributed by atoms with Crippen LogP contribution in [0.15, 0.2) is 24.3 Å². The Labute approximate surface area is 95.5 Å². The van der Waals surface area contributed by atoms with Crippen molar-refractivity contribution < 1.29 is 5.11 Å². The van der Waals surface area contributed by atoms with Crippen molar-refractivity contribution in [3.05, 3.63) is 34.9 Å². The highest BCUT2D eigenvalue weighted by Gasteiger charge is 2.43. The van der Waals surface area contributed by atoms with Crippen LogP contribution in [-0.2, 0) is 5.60 Å². The molecule has 0 radical (unpaired) electrons. The van der Waals surface area contributed by atoms with Gasteiger partial charge < -0.3 is 5.11 Å². The van der Waals surface area contributed by atoms with Gasteiger partial charge in [0.1, 0.15) is 5.60 Å². The highest BCUT2D eigenvalue weighted by molar-refractivity contribution is 6.30. The molecule has 0 unspecified atom stereocenters. The van der Waals surface area contributed by atoms with Gasteiger partial charge in [0, 0.05) is 24.2 Å². The van der Waals surface area contributed by atoms with Crippen LogP contribution in [-0.4, -0.2) is 29.1 Å². The smallest absolute Gasteiger partial charge is 0.115 e. The predicted octanol–water partition coefficient (Wildman–Crippen LogP) is 2.25. The first-order valence-corrected chi connectivity index (χ1v) is 5.61. The maximum atomic E-state index is 10.3. The molecule has 2 rings (SSSR count). The Morgan fingerprint density at radius 1 is 1.27 bits per heavy atom. The minimum absolute atomic E-state index is 0.498. The van der Waals surface area contributed by atoms with Crippen LogP contribution in [0.4, 0.5) is 0 Å². The van der Waals surface area contributed by atoms with Crippen molar-refractivity contribution >= 4 is 11.6 Å². The quantitative estimate of drug-likeness (QED) is 0.835. The van der Waals surface area contributed by atoms with Crippen LogP contribution in [0, 0.1) is 0 Å². The summed E-state index contributed by atoms with van der Waals surface area (Å²) in [7, 11) is 0. The van der Waals surface area contributed by atoms with Gasteiger partial charge in [0.05, 0.1) is 0 Å². The normalized spacial score (nSPS) is 20.3. The third kappa shape index (κ3) is 2.03. The van der Waals surface area contributed by atoms with E-state index in [1.54, 1.807) is 0 Å². The van der Waals surface area contributed by atoms with Crippen LogP contribution in [0.25, 0.3) is 0 Å². The van der Waals surface area contributed by atoms with E-state index in [0.717, 1.165) is 5.56 Å². The Balaban J connectivity index is 2.10. The van der Waals surface area contributed by atoms with Crippen molar-refractivity contribution in [1.29, 1.82) is 0 Å². The van der Waals surface area contributed by atoms with Gasteiger partial charge in [0.2, 0.25) is 0 Å². The number of aliphatic hydroxyl groups is 1. The molecule has 0 aliphatic carbocycles. The molecule has 1 fully saturated rings. The second-order valence-electron chi connectivity index (χ2n) is 4.54. The molecule has 3 heteroatoms. The molecule has 0 saturated carbocycles. The molecule has 0 aromatic heterocycles. The van der Waals surface area contributed by atoms with Crippen LogP contribution < -0.4 is 0 Å². The minimum atomic E-state index is -0.672. The van der Waals surface area contributed by atoms with Crippen molar-refractivity contribution in [3.63, 3.8) is 0 Å². The lowest BCUT2D eigenvalue weighted by molar-refractivity contribution is -0.116. The number of likely N-dealkylation sites (tertiary alicyclic amines) is 1. The Kier molecular flexibility index (Phi) is 2.75. The molecule has 1 saturated heterocycles. The standard InChI is InChI=1S/C12H16ClNO/c1-9(2)14-7-12(15,8-14)10-3-5-11(13)6-4-10/h3-6,9,15H,7-8H2,1-2H3. The number of β-amino-alcohol motifs (C(OH)–C–C–N with tert-alkyl or cyclic N) is 1. The predicted molar refractivity (Wildman–Crippen MR) is 62.1 cm³/mol. The molecule has 1 aromatic rings. The lowest BCUT2D eigenvalue weighted by atomic mass is 9.85. The van der Waals surface area contributed by atoms with Crippen LogP contribution in [0.3, 0.4) is 0 Å². The topological polar surface area (TPSA) is 23.5 Å². The molecule has 1 aliphatic heterocycles. The second kappa shape index (κ2) is 3.78. The average molecular weight is 226 g/mol. The summed E-state index contributed by atoms with van der Waals surface area (Å²) in [6, 6.07) is 7.96. The van der Waals surface area contributed by atoms with E-state index in [2.05, 4.69) is 18.7 Å². The van der Waals surface area contributed by atoms with Gasteiger partial charge in [-0.3, -0.25) is 4.90 Å². The summed E-state index contributed by atoms with van der Waals surface area (Å²) < 4.78 is 0. The number of rotatable bonds is 2. The highest BCUT2D eigenvalue weighted by Crippen LogP contribution is 2.33. The van der Waals surface area contributed by atoms with Gasteiger partial charge >= 0.3 is 0 Å². The number of hydrogen-bond donors (Lipinski definition) is 1. The van der Waals surface area contributed by atoms with Gasteiger partial charge in [0.15, 0.2) is 0 Å². The molecule has 0 amide bonds. The molecule has 0 spiro atoms. The van der Waals surface area contributed by atoms with Crippen molar-refractivity contribution in [2.45, 2.75) is 25.5 Å². The summed E-state index contributed by atoms with van der Waals surface area (Å²) in [5.41, 5.74) is 0.290. The number of hydrogen-bond acceptors (Lipinski definition) is 2. The first kappa shape index (κ1) is 10.9. The van der Waals surface area contributed by atoms with E-state index in [9.17, 15) is 5.11 Å². The Hall–Kier alpha value is -0.570. The van der Waals surface area contributed by atoms with Gasteiger partial charge in [-0.05, 0) is 31.5 Å². The molecule has 1 N–H and O–H groups in total. The number of nitrogens with zero attached hydrogens (tertiary/aromatic N) is 1. The molecule has 82 valence electrons. The zero-order valence-electron chi connectivity index (χ0n) is 9.07.